The van der Waals surface area contributed by atoms with E-state index in [1.54, 1.807) is 0 Å². The van der Waals surface area contributed by atoms with E-state index in [1.807, 2.05) is 6.07 Å². The lowest BCUT2D eigenvalue weighted by Crippen LogP contribution is -2.03. The van der Waals surface area contributed by atoms with Crippen LogP contribution in [0.25, 0.3) is 0 Å². The number of aromatic nitrogens is 2. The quantitative estimate of drug-likeness (QED) is 0.706. The molecule has 0 atom stereocenters. The van der Waals surface area contributed by atoms with Crippen molar-refractivity contribution in [3.8, 4) is 6.07 Å². The molecule has 3 nitrogen and oxygen atoms in total. The molecule has 14 heavy (non-hydrogen) atoms. The number of alkyl halides is 3. The summed E-state index contributed by atoms with van der Waals surface area (Å²) >= 11 is 0. The fourth-order valence-corrected chi connectivity index (χ4v) is 0.952. The molecule has 1 heterocycles. The maximum absolute atomic E-state index is 12.1. The molecule has 0 aromatic carbocycles. The summed E-state index contributed by atoms with van der Waals surface area (Å²) in [5.74, 6) is 0. The minimum atomic E-state index is -4.34. The number of unbranched alkanes of at least 4 members (excludes halogenated alkanes) is 1. The third-order valence-corrected chi connectivity index (χ3v) is 1.64. The Labute approximate surface area is 78.8 Å². The van der Waals surface area contributed by atoms with E-state index in [1.165, 1.54) is 4.68 Å². The summed E-state index contributed by atoms with van der Waals surface area (Å²) in [6.45, 7) is 0.337. The zero-order chi connectivity index (χ0) is 10.6. The molecule has 0 aliphatic rings. The molecule has 0 saturated carbocycles. The maximum atomic E-state index is 12.1. The summed E-state index contributed by atoms with van der Waals surface area (Å²) in [5.41, 5.74) is -0.755. The Bertz CT molecular complexity index is 334. The molecule has 6 heteroatoms. The van der Waals surface area contributed by atoms with E-state index >= 15 is 0 Å². The first-order chi connectivity index (χ1) is 6.54. The van der Waals surface area contributed by atoms with Gasteiger partial charge in [-0.2, -0.15) is 23.5 Å². The fourth-order valence-electron chi connectivity index (χ4n) is 0.952. The van der Waals surface area contributed by atoms with Crippen molar-refractivity contribution in [3.63, 3.8) is 0 Å². The third kappa shape index (κ3) is 2.76. The smallest absolute Gasteiger partial charge is 0.272 e. The monoisotopic (exact) mass is 203 g/mol. The van der Waals surface area contributed by atoms with Crippen LogP contribution in [-0.2, 0) is 12.7 Å². The van der Waals surface area contributed by atoms with Gasteiger partial charge in [-0.15, -0.1) is 0 Å². The van der Waals surface area contributed by atoms with E-state index in [-0.39, 0.29) is 0 Å². The van der Waals surface area contributed by atoms with Gasteiger partial charge in [0.15, 0.2) is 0 Å². The van der Waals surface area contributed by atoms with Gasteiger partial charge in [0.05, 0.1) is 17.8 Å². The van der Waals surface area contributed by atoms with E-state index < -0.39 is 11.7 Å². The minimum Gasteiger partial charge on any atom is -0.272 e. The van der Waals surface area contributed by atoms with Crippen LogP contribution in [-0.4, -0.2) is 9.78 Å². The van der Waals surface area contributed by atoms with Crippen LogP contribution in [0.2, 0.25) is 0 Å². The van der Waals surface area contributed by atoms with Gasteiger partial charge < -0.3 is 0 Å². The van der Waals surface area contributed by atoms with Crippen molar-refractivity contribution in [2.24, 2.45) is 0 Å². The van der Waals surface area contributed by atoms with Gasteiger partial charge in [0.2, 0.25) is 0 Å². The largest absolute Gasteiger partial charge is 0.419 e. The van der Waals surface area contributed by atoms with Crippen molar-refractivity contribution >= 4 is 0 Å². The summed E-state index contributed by atoms with van der Waals surface area (Å²) in [6.07, 6.45) is -1.78. The topological polar surface area (TPSA) is 41.6 Å². The first kappa shape index (κ1) is 10.6. The highest BCUT2D eigenvalue weighted by Gasteiger charge is 2.31. The van der Waals surface area contributed by atoms with Crippen molar-refractivity contribution in [1.82, 2.24) is 9.78 Å². The van der Waals surface area contributed by atoms with E-state index in [2.05, 4.69) is 5.10 Å². The molecule has 0 aliphatic carbocycles. The van der Waals surface area contributed by atoms with E-state index in [9.17, 15) is 13.2 Å². The van der Waals surface area contributed by atoms with Gasteiger partial charge in [0.25, 0.3) is 0 Å². The van der Waals surface area contributed by atoms with Crippen LogP contribution in [0.3, 0.4) is 0 Å². The molecule has 0 fully saturated rings. The van der Waals surface area contributed by atoms with Crippen molar-refractivity contribution in [1.29, 1.82) is 5.26 Å². The zero-order valence-corrected chi connectivity index (χ0v) is 7.25. The molecule has 1 aromatic heterocycles. The van der Waals surface area contributed by atoms with Crippen molar-refractivity contribution < 1.29 is 13.2 Å². The molecule has 0 saturated heterocycles. The minimum absolute atomic E-state index is 0.321. The number of halogens is 3. The number of aryl methyl sites for hydroxylation is 1. The van der Waals surface area contributed by atoms with Gasteiger partial charge in [0.1, 0.15) is 0 Å². The van der Waals surface area contributed by atoms with Gasteiger partial charge in [-0.05, 0) is 6.42 Å². The number of nitrogens with zero attached hydrogens (tertiary/aromatic N) is 3. The number of hydrogen-bond donors (Lipinski definition) is 0. The average molecular weight is 203 g/mol. The van der Waals surface area contributed by atoms with Gasteiger partial charge in [-0.3, -0.25) is 4.68 Å². The Morgan fingerprint density at radius 3 is 2.71 bits per heavy atom. The summed E-state index contributed by atoms with van der Waals surface area (Å²) in [7, 11) is 0. The van der Waals surface area contributed by atoms with Crippen LogP contribution >= 0.6 is 0 Å². The van der Waals surface area contributed by atoms with E-state index in [0.29, 0.717) is 19.4 Å². The highest BCUT2D eigenvalue weighted by Crippen LogP contribution is 2.28. The standard InChI is InChI=1S/C8H8F3N3/c9-8(10,11)7-5-13-14(6-7)4-2-1-3-12/h5-6H,1-2,4H2. The molecule has 0 amide bonds. The lowest BCUT2D eigenvalue weighted by Gasteiger charge is -2.00. The Hall–Kier alpha value is -1.51. The number of hydrogen-bond acceptors (Lipinski definition) is 2. The lowest BCUT2D eigenvalue weighted by molar-refractivity contribution is -0.137. The van der Waals surface area contributed by atoms with E-state index in [0.717, 1.165) is 12.4 Å². The van der Waals surface area contributed by atoms with Crippen LogP contribution < -0.4 is 0 Å². The number of rotatable bonds is 3. The van der Waals surface area contributed by atoms with Crippen LogP contribution in [0.5, 0.6) is 0 Å². The molecule has 0 bridgehead atoms. The summed E-state index contributed by atoms with van der Waals surface area (Å²) in [5, 5.41) is 11.8. The molecular formula is C8H8F3N3. The fraction of sp³-hybridized carbons (Fsp3) is 0.500. The Balaban J connectivity index is 2.57. The highest BCUT2D eigenvalue weighted by molar-refractivity contribution is 5.08. The van der Waals surface area contributed by atoms with Gasteiger partial charge >= 0.3 is 6.18 Å². The van der Waals surface area contributed by atoms with Gasteiger partial charge in [-0.25, -0.2) is 0 Å². The maximum Gasteiger partial charge on any atom is 0.419 e. The lowest BCUT2D eigenvalue weighted by atomic mass is 10.3. The Morgan fingerprint density at radius 1 is 1.50 bits per heavy atom. The second-order valence-electron chi connectivity index (χ2n) is 2.75. The first-order valence-corrected chi connectivity index (χ1v) is 4.00. The normalized spacial score (nSPS) is 11.3. The Morgan fingerprint density at radius 2 is 2.21 bits per heavy atom. The second-order valence-corrected chi connectivity index (χ2v) is 2.75. The number of nitriles is 1. The molecule has 76 valence electrons. The second kappa shape index (κ2) is 4.13. The van der Waals surface area contributed by atoms with Crippen molar-refractivity contribution in [3.05, 3.63) is 18.0 Å². The molecule has 0 aliphatic heterocycles. The summed E-state index contributed by atoms with van der Waals surface area (Å²) < 4.78 is 37.4. The molecule has 0 radical (unpaired) electrons. The molecule has 0 N–H and O–H groups in total. The molecule has 0 unspecified atom stereocenters. The molecular weight excluding hydrogens is 195 g/mol. The van der Waals surface area contributed by atoms with Crippen LogP contribution in [0, 0.1) is 11.3 Å². The predicted molar refractivity (Wildman–Crippen MR) is 42.1 cm³/mol. The predicted octanol–water partition coefficient (Wildman–Crippen LogP) is 2.21. The molecule has 1 aromatic rings. The first-order valence-electron chi connectivity index (χ1n) is 4.00. The SMILES string of the molecule is N#CCCCn1cc(C(F)(F)F)cn1. The summed E-state index contributed by atoms with van der Waals surface area (Å²) in [6, 6.07) is 1.91. The average Bonchev–Trinajstić information content (AvgIpc) is 2.52. The van der Waals surface area contributed by atoms with E-state index in [4.69, 9.17) is 5.26 Å². The van der Waals surface area contributed by atoms with Crippen molar-refractivity contribution in [2.45, 2.75) is 25.6 Å². The van der Waals surface area contributed by atoms with Crippen LogP contribution in [0.15, 0.2) is 12.4 Å². The van der Waals surface area contributed by atoms with Gasteiger partial charge in [0, 0.05) is 19.2 Å². The molecule has 0 spiro atoms. The summed E-state index contributed by atoms with van der Waals surface area (Å²) in [4.78, 5) is 0. The van der Waals surface area contributed by atoms with Crippen LogP contribution in [0.1, 0.15) is 18.4 Å². The van der Waals surface area contributed by atoms with Crippen molar-refractivity contribution in [2.75, 3.05) is 0 Å². The van der Waals surface area contributed by atoms with Crippen LogP contribution in [0.4, 0.5) is 13.2 Å². The third-order valence-electron chi connectivity index (χ3n) is 1.64. The highest BCUT2D eigenvalue weighted by atomic mass is 19.4. The Kier molecular flexibility index (Phi) is 3.12. The van der Waals surface area contributed by atoms with Gasteiger partial charge in [-0.1, -0.05) is 0 Å². The zero-order valence-electron chi connectivity index (χ0n) is 7.25. The molecule has 1 rings (SSSR count).